The van der Waals surface area contributed by atoms with Crippen molar-refractivity contribution in [1.29, 1.82) is 0 Å². The second kappa shape index (κ2) is 7.61. The van der Waals surface area contributed by atoms with Crippen LogP contribution >= 0.6 is 0 Å². The molecule has 1 aliphatic heterocycles. The Morgan fingerprint density at radius 2 is 1.88 bits per heavy atom. The zero-order valence-electron chi connectivity index (χ0n) is 15.1. The lowest BCUT2D eigenvalue weighted by molar-refractivity contribution is 0.415. The first-order chi connectivity index (χ1) is 12.4. The molecule has 1 aromatic carbocycles. The lowest BCUT2D eigenvalue weighted by atomic mass is 10.2. The minimum atomic E-state index is -3.65. The normalized spacial score (nSPS) is 23.0. The van der Waals surface area contributed by atoms with E-state index in [9.17, 15) is 8.42 Å². The summed E-state index contributed by atoms with van der Waals surface area (Å²) in [6, 6.07) is 10.3. The van der Waals surface area contributed by atoms with Crippen LogP contribution in [0.25, 0.3) is 0 Å². The number of sulfonamides is 1. The van der Waals surface area contributed by atoms with Gasteiger partial charge in [0.1, 0.15) is 11.0 Å². The van der Waals surface area contributed by atoms with Crippen LogP contribution in [0.5, 0.6) is 5.75 Å². The van der Waals surface area contributed by atoms with Gasteiger partial charge in [0.05, 0.1) is 19.3 Å². The Kier molecular flexibility index (Phi) is 5.45. The third-order valence-electron chi connectivity index (χ3n) is 4.57. The van der Waals surface area contributed by atoms with Crippen LogP contribution in [0.1, 0.15) is 19.4 Å². The van der Waals surface area contributed by atoms with Gasteiger partial charge in [-0.1, -0.05) is 12.1 Å². The van der Waals surface area contributed by atoms with Gasteiger partial charge < -0.3 is 4.74 Å². The number of benzene rings is 1. The van der Waals surface area contributed by atoms with E-state index in [1.807, 2.05) is 19.9 Å². The third-order valence-corrected chi connectivity index (χ3v) is 7.02. The molecule has 1 fully saturated rings. The molecule has 2 heterocycles. The Hall–Kier alpha value is -2.16. The van der Waals surface area contributed by atoms with Crippen molar-refractivity contribution in [2.45, 2.75) is 37.7 Å². The number of nitrogens with zero attached hydrogens (tertiary/aromatic N) is 2. The smallest absolute Gasteiger partial charge is 0.241 e. The molecule has 1 aliphatic rings. The van der Waals surface area contributed by atoms with E-state index in [2.05, 4.69) is 15.8 Å². The van der Waals surface area contributed by atoms with E-state index in [4.69, 9.17) is 4.74 Å². The maximum Gasteiger partial charge on any atom is 0.241 e. The standard InChI is InChI=1S/C18H24N4O3S/c1-13-18(14(2)21-20-13)26(23,24)22(12-15-6-5-9-19-11-15)16-7-4-8-17(10-16)25-3/h4-11,13-14,18,20-21H,12H2,1-3H3. The molecular weight excluding hydrogens is 352 g/mol. The minimum absolute atomic E-state index is 0.208. The number of rotatable bonds is 6. The van der Waals surface area contributed by atoms with Gasteiger partial charge >= 0.3 is 0 Å². The molecule has 0 bridgehead atoms. The van der Waals surface area contributed by atoms with Gasteiger partial charge in [-0.05, 0) is 37.6 Å². The van der Waals surface area contributed by atoms with Crippen LogP contribution in [0.2, 0.25) is 0 Å². The summed E-state index contributed by atoms with van der Waals surface area (Å²) in [6.45, 7) is 3.94. The second-order valence-corrected chi connectivity index (χ2v) is 8.46. The highest BCUT2D eigenvalue weighted by Crippen LogP contribution is 2.29. The molecule has 0 spiro atoms. The molecule has 2 atom stereocenters. The van der Waals surface area contributed by atoms with Crippen molar-refractivity contribution < 1.29 is 13.2 Å². The summed E-state index contributed by atoms with van der Waals surface area (Å²) < 4.78 is 33.8. The summed E-state index contributed by atoms with van der Waals surface area (Å²) >= 11 is 0. The van der Waals surface area contributed by atoms with Crippen molar-refractivity contribution in [1.82, 2.24) is 15.8 Å². The van der Waals surface area contributed by atoms with Gasteiger partial charge in [0.2, 0.25) is 10.0 Å². The number of hydrogen-bond donors (Lipinski definition) is 2. The molecule has 1 aromatic heterocycles. The molecule has 140 valence electrons. The Morgan fingerprint density at radius 1 is 1.15 bits per heavy atom. The van der Waals surface area contributed by atoms with Gasteiger partial charge in [-0.2, -0.15) is 0 Å². The molecule has 0 amide bonds. The van der Waals surface area contributed by atoms with Gasteiger partial charge in [0.25, 0.3) is 0 Å². The maximum absolute atomic E-state index is 13.5. The summed E-state index contributed by atoms with van der Waals surface area (Å²) in [5.41, 5.74) is 7.44. The summed E-state index contributed by atoms with van der Waals surface area (Å²) in [4.78, 5) is 4.10. The zero-order valence-corrected chi connectivity index (χ0v) is 15.9. The number of nitrogens with one attached hydrogen (secondary N) is 2. The Balaban J connectivity index is 2.04. The largest absolute Gasteiger partial charge is 0.497 e. The number of pyridine rings is 1. The average Bonchev–Trinajstić information content (AvgIpc) is 2.99. The number of aromatic nitrogens is 1. The van der Waals surface area contributed by atoms with Gasteiger partial charge in [-0.25, -0.2) is 8.42 Å². The highest BCUT2D eigenvalue weighted by Gasteiger charge is 2.43. The van der Waals surface area contributed by atoms with Crippen LogP contribution in [0.15, 0.2) is 48.8 Å². The molecule has 0 aliphatic carbocycles. The fourth-order valence-electron chi connectivity index (χ4n) is 3.27. The Morgan fingerprint density at radius 3 is 2.50 bits per heavy atom. The highest BCUT2D eigenvalue weighted by atomic mass is 32.2. The molecule has 8 heteroatoms. The van der Waals surface area contributed by atoms with Crippen molar-refractivity contribution >= 4 is 15.7 Å². The van der Waals surface area contributed by atoms with Crippen molar-refractivity contribution in [3.63, 3.8) is 0 Å². The van der Waals surface area contributed by atoms with Crippen molar-refractivity contribution in [2.24, 2.45) is 0 Å². The van der Waals surface area contributed by atoms with E-state index < -0.39 is 15.3 Å². The average molecular weight is 376 g/mol. The number of hydrazine groups is 1. The molecule has 7 nitrogen and oxygen atoms in total. The molecular formula is C18H24N4O3S. The van der Waals surface area contributed by atoms with Gasteiger partial charge in [-0.3, -0.25) is 20.1 Å². The van der Waals surface area contributed by atoms with Gasteiger partial charge in [-0.15, -0.1) is 0 Å². The van der Waals surface area contributed by atoms with E-state index in [0.717, 1.165) is 5.56 Å². The summed E-state index contributed by atoms with van der Waals surface area (Å²) in [7, 11) is -2.09. The van der Waals surface area contributed by atoms with Crippen LogP contribution in [0, 0.1) is 0 Å². The van der Waals surface area contributed by atoms with Crippen LogP contribution in [0.4, 0.5) is 5.69 Å². The van der Waals surface area contributed by atoms with E-state index in [0.29, 0.717) is 11.4 Å². The topological polar surface area (TPSA) is 83.6 Å². The molecule has 2 aromatic rings. The van der Waals surface area contributed by atoms with E-state index in [1.54, 1.807) is 49.8 Å². The summed E-state index contributed by atoms with van der Waals surface area (Å²) in [6.07, 6.45) is 3.35. The van der Waals surface area contributed by atoms with Gasteiger partial charge in [0, 0.05) is 30.5 Å². The van der Waals surface area contributed by atoms with Crippen LogP contribution in [0.3, 0.4) is 0 Å². The summed E-state index contributed by atoms with van der Waals surface area (Å²) in [5, 5.41) is -0.592. The number of methoxy groups -OCH3 is 1. The van der Waals surface area contributed by atoms with Crippen LogP contribution < -0.4 is 19.9 Å². The third kappa shape index (κ3) is 3.67. The SMILES string of the molecule is COc1cccc(N(Cc2cccnc2)S(=O)(=O)C2C(C)NNC2C)c1. The quantitative estimate of drug-likeness (QED) is 0.798. The van der Waals surface area contributed by atoms with E-state index in [-0.39, 0.29) is 18.6 Å². The fraction of sp³-hybridized carbons (Fsp3) is 0.389. The second-order valence-electron chi connectivity index (χ2n) is 6.44. The van der Waals surface area contributed by atoms with Gasteiger partial charge in [0.15, 0.2) is 0 Å². The minimum Gasteiger partial charge on any atom is -0.497 e. The number of anilines is 1. The first kappa shape index (κ1) is 18.6. The highest BCUT2D eigenvalue weighted by molar-refractivity contribution is 7.93. The predicted octanol–water partition coefficient (Wildman–Crippen LogP) is 1.68. The molecule has 2 unspecified atom stereocenters. The molecule has 0 saturated carbocycles. The first-order valence-electron chi connectivity index (χ1n) is 8.49. The number of hydrogen-bond acceptors (Lipinski definition) is 6. The van der Waals surface area contributed by atoms with Crippen LogP contribution in [-0.2, 0) is 16.6 Å². The maximum atomic E-state index is 13.5. The molecule has 2 N–H and O–H groups in total. The monoisotopic (exact) mass is 376 g/mol. The zero-order chi connectivity index (χ0) is 18.7. The van der Waals surface area contributed by atoms with Crippen molar-refractivity contribution in [2.75, 3.05) is 11.4 Å². The predicted molar refractivity (Wildman–Crippen MR) is 101 cm³/mol. The first-order valence-corrected chi connectivity index (χ1v) is 9.99. The van der Waals surface area contributed by atoms with Crippen LogP contribution in [-0.4, -0.2) is 37.8 Å². The van der Waals surface area contributed by atoms with E-state index in [1.165, 1.54) is 4.31 Å². The molecule has 1 saturated heterocycles. The lowest BCUT2D eigenvalue weighted by Gasteiger charge is -2.30. The Labute approximate surface area is 154 Å². The number of ether oxygens (including phenoxy) is 1. The molecule has 26 heavy (non-hydrogen) atoms. The Bertz CT molecular complexity index is 835. The van der Waals surface area contributed by atoms with E-state index >= 15 is 0 Å². The lowest BCUT2D eigenvalue weighted by Crippen LogP contribution is -2.46. The molecule has 0 radical (unpaired) electrons. The summed E-state index contributed by atoms with van der Waals surface area (Å²) in [5.74, 6) is 0.609. The molecule has 3 rings (SSSR count). The fourth-order valence-corrected chi connectivity index (χ4v) is 5.47. The van der Waals surface area contributed by atoms with Crippen molar-refractivity contribution in [3.8, 4) is 5.75 Å². The van der Waals surface area contributed by atoms with Crippen molar-refractivity contribution in [3.05, 3.63) is 54.4 Å².